The predicted molar refractivity (Wildman–Crippen MR) is 49.1 cm³/mol. The molecule has 0 saturated heterocycles. The summed E-state index contributed by atoms with van der Waals surface area (Å²) in [5, 5.41) is 18.9. The van der Waals surface area contributed by atoms with Crippen LogP contribution in [0.2, 0.25) is 0 Å². The van der Waals surface area contributed by atoms with Gasteiger partial charge in [-0.05, 0) is 18.1 Å². The molecule has 0 heterocycles. The smallest absolute Gasteiger partial charge is 0.307 e. The minimum Gasteiger partial charge on any atom is -0.481 e. The standard InChI is InChI=1S/C9H8FNO4/c1-5-6(4-8(12)13)2-3-7(9(5)10)11(14)15/h2-3H,4H2,1H3,(H,12,13). The molecular formula is C9H8FNO4. The SMILES string of the molecule is Cc1c(CC(=O)O)ccc([N+](=O)[O-])c1F. The fourth-order valence-electron chi connectivity index (χ4n) is 1.21. The van der Waals surface area contributed by atoms with Crippen molar-refractivity contribution >= 4 is 11.7 Å². The van der Waals surface area contributed by atoms with Gasteiger partial charge in [0.05, 0.1) is 11.3 Å². The van der Waals surface area contributed by atoms with Gasteiger partial charge in [0.15, 0.2) is 0 Å². The summed E-state index contributed by atoms with van der Waals surface area (Å²) in [5.74, 6) is -2.08. The molecule has 0 aromatic heterocycles. The number of rotatable bonds is 3. The zero-order valence-corrected chi connectivity index (χ0v) is 7.86. The predicted octanol–water partition coefficient (Wildman–Crippen LogP) is 1.67. The lowest BCUT2D eigenvalue weighted by molar-refractivity contribution is -0.387. The summed E-state index contributed by atoms with van der Waals surface area (Å²) in [7, 11) is 0. The topological polar surface area (TPSA) is 80.4 Å². The van der Waals surface area contributed by atoms with Gasteiger partial charge in [0.1, 0.15) is 0 Å². The average Bonchev–Trinajstić information content (AvgIpc) is 2.12. The molecule has 6 heteroatoms. The highest BCUT2D eigenvalue weighted by atomic mass is 19.1. The van der Waals surface area contributed by atoms with Crippen molar-refractivity contribution in [2.75, 3.05) is 0 Å². The van der Waals surface area contributed by atoms with E-state index >= 15 is 0 Å². The lowest BCUT2D eigenvalue weighted by atomic mass is 10.0. The highest BCUT2D eigenvalue weighted by molar-refractivity contribution is 5.71. The van der Waals surface area contributed by atoms with Crippen molar-refractivity contribution in [3.05, 3.63) is 39.2 Å². The van der Waals surface area contributed by atoms with E-state index < -0.39 is 22.4 Å². The molecule has 1 N–H and O–H groups in total. The van der Waals surface area contributed by atoms with Crippen molar-refractivity contribution < 1.29 is 19.2 Å². The number of nitrogens with zero attached hydrogens (tertiary/aromatic N) is 1. The minimum absolute atomic E-state index is 0.00611. The van der Waals surface area contributed by atoms with Gasteiger partial charge >= 0.3 is 11.7 Å². The molecule has 1 rings (SSSR count). The molecule has 0 unspecified atom stereocenters. The van der Waals surface area contributed by atoms with Crippen molar-refractivity contribution in [3.8, 4) is 0 Å². The van der Waals surface area contributed by atoms with Crippen LogP contribution in [0, 0.1) is 22.9 Å². The van der Waals surface area contributed by atoms with Gasteiger partial charge in [-0.15, -0.1) is 0 Å². The number of hydrogen-bond donors (Lipinski definition) is 1. The minimum atomic E-state index is -1.11. The second kappa shape index (κ2) is 4.04. The third-order valence-electron chi connectivity index (χ3n) is 2.02. The van der Waals surface area contributed by atoms with Gasteiger partial charge in [-0.2, -0.15) is 4.39 Å². The van der Waals surface area contributed by atoms with Gasteiger partial charge in [-0.1, -0.05) is 6.07 Å². The third-order valence-corrected chi connectivity index (χ3v) is 2.02. The Morgan fingerprint density at radius 1 is 1.60 bits per heavy atom. The van der Waals surface area contributed by atoms with Crippen LogP contribution in [0.25, 0.3) is 0 Å². The molecule has 15 heavy (non-hydrogen) atoms. The van der Waals surface area contributed by atoms with Gasteiger partial charge in [-0.25, -0.2) is 0 Å². The van der Waals surface area contributed by atoms with Gasteiger partial charge in [0.2, 0.25) is 5.82 Å². The molecule has 1 aromatic carbocycles. The number of halogens is 1. The first-order chi connectivity index (χ1) is 6.93. The van der Waals surface area contributed by atoms with Crippen LogP contribution in [0.15, 0.2) is 12.1 Å². The Bertz CT molecular complexity index is 430. The largest absolute Gasteiger partial charge is 0.481 e. The average molecular weight is 213 g/mol. The number of benzene rings is 1. The zero-order valence-electron chi connectivity index (χ0n) is 7.86. The lowest BCUT2D eigenvalue weighted by Crippen LogP contribution is -2.05. The summed E-state index contributed by atoms with van der Waals surface area (Å²) >= 11 is 0. The van der Waals surface area contributed by atoms with Gasteiger partial charge in [0.25, 0.3) is 0 Å². The van der Waals surface area contributed by atoms with E-state index in [-0.39, 0.29) is 17.5 Å². The van der Waals surface area contributed by atoms with E-state index in [9.17, 15) is 19.3 Å². The number of aliphatic carboxylic acids is 1. The van der Waals surface area contributed by atoms with Crippen molar-refractivity contribution in [2.24, 2.45) is 0 Å². The number of carbonyl (C=O) groups is 1. The van der Waals surface area contributed by atoms with Crippen LogP contribution in [0.5, 0.6) is 0 Å². The number of carboxylic acid groups (broad SMARTS) is 1. The molecule has 0 aliphatic carbocycles. The molecule has 5 nitrogen and oxygen atoms in total. The summed E-state index contributed by atoms with van der Waals surface area (Å²) in [6, 6.07) is 2.23. The second-order valence-electron chi connectivity index (χ2n) is 3.01. The van der Waals surface area contributed by atoms with Crippen LogP contribution in [-0.2, 0) is 11.2 Å². The fourth-order valence-corrected chi connectivity index (χ4v) is 1.21. The van der Waals surface area contributed by atoms with E-state index in [0.29, 0.717) is 0 Å². The fraction of sp³-hybridized carbons (Fsp3) is 0.222. The van der Waals surface area contributed by atoms with E-state index in [2.05, 4.69) is 0 Å². The first-order valence-electron chi connectivity index (χ1n) is 4.07. The molecule has 0 spiro atoms. The Kier molecular flexibility index (Phi) is 2.99. The quantitative estimate of drug-likeness (QED) is 0.611. The first kappa shape index (κ1) is 11.1. The number of nitro benzene ring substituents is 1. The Balaban J connectivity index is 3.21. The monoisotopic (exact) mass is 213 g/mol. The molecule has 0 saturated carbocycles. The molecular weight excluding hydrogens is 205 g/mol. The van der Waals surface area contributed by atoms with E-state index in [1.165, 1.54) is 13.0 Å². The van der Waals surface area contributed by atoms with E-state index in [0.717, 1.165) is 6.07 Å². The molecule has 0 radical (unpaired) electrons. The van der Waals surface area contributed by atoms with Crippen LogP contribution in [0.4, 0.5) is 10.1 Å². The van der Waals surface area contributed by atoms with Gasteiger partial charge < -0.3 is 5.11 Å². The molecule has 0 aliphatic rings. The first-order valence-corrected chi connectivity index (χ1v) is 4.07. The summed E-state index contributed by atoms with van der Waals surface area (Å²) in [4.78, 5) is 19.9. The van der Waals surface area contributed by atoms with Crippen LogP contribution in [0.1, 0.15) is 11.1 Å². The zero-order chi connectivity index (χ0) is 11.6. The lowest BCUT2D eigenvalue weighted by Gasteiger charge is -2.04. The maximum atomic E-state index is 13.3. The number of nitro groups is 1. The maximum Gasteiger partial charge on any atom is 0.307 e. The van der Waals surface area contributed by atoms with Gasteiger partial charge in [0, 0.05) is 6.07 Å². The van der Waals surface area contributed by atoms with Crippen molar-refractivity contribution in [2.45, 2.75) is 13.3 Å². The van der Waals surface area contributed by atoms with Crippen molar-refractivity contribution in [1.29, 1.82) is 0 Å². The van der Waals surface area contributed by atoms with E-state index in [1.54, 1.807) is 0 Å². The normalized spacial score (nSPS) is 10.0. The van der Waals surface area contributed by atoms with Crippen LogP contribution in [0.3, 0.4) is 0 Å². The number of hydrogen-bond acceptors (Lipinski definition) is 3. The third kappa shape index (κ3) is 2.28. The van der Waals surface area contributed by atoms with E-state index in [4.69, 9.17) is 5.11 Å². The molecule has 80 valence electrons. The van der Waals surface area contributed by atoms with Crippen molar-refractivity contribution in [1.82, 2.24) is 0 Å². The van der Waals surface area contributed by atoms with Crippen molar-refractivity contribution in [3.63, 3.8) is 0 Å². The summed E-state index contributed by atoms with van der Waals surface area (Å²) in [6.45, 7) is 1.32. The Hall–Kier alpha value is -1.98. The summed E-state index contributed by atoms with van der Waals surface area (Å²) in [6.07, 6.45) is -0.346. The van der Waals surface area contributed by atoms with Crippen LogP contribution < -0.4 is 0 Å². The van der Waals surface area contributed by atoms with E-state index in [1.807, 2.05) is 0 Å². The second-order valence-corrected chi connectivity index (χ2v) is 3.01. The summed E-state index contributed by atoms with van der Waals surface area (Å²) in [5.41, 5.74) is -0.390. The molecule has 1 aromatic rings. The molecule has 0 aliphatic heterocycles. The summed E-state index contributed by atoms with van der Waals surface area (Å²) < 4.78 is 13.3. The number of carboxylic acids is 1. The van der Waals surface area contributed by atoms with Crippen LogP contribution in [-0.4, -0.2) is 16.0 Å². The maximum absolute atomic E-state index is 13.3. The highest BCUT2D eigenvalue weighted by Gasteiger charge is 2.18. The highest BCUT2D eigenvalue weighted by Crippen LogP contribution is 2.23. The molecule has 0 atom stereocenters. The molecule has 0 bridgehead atoms. The van der Waals surface area contributed by atoms with Gasteiger partial charge in [-0.3, -0.25) is 14.9 Å². The Morgan fingerprint density at radius 3 is 2.67 bits per heavy atom. The molecule has 0 amide bonds. The Labute approximate surface area is 84.3 Å². The van der Waals surface area contributed by atoms with Crippen LogP contribution >= 0.6 is 0 Å². The molecule has 0 fully saturated rings. The Morgan fingerprint density at radius 2 is 2.20 bits per heavy atom.